The number of hydrogen-bond donors (Lipinski definition) is 3. The highest BCUT2D eigenvalue weighted by Crippen LogP contribution is 2.19. The molecule has 0 aromatic heterocycles. The zero-order chi connectivity index (χ0) is 12.0. The third-order valence-corrected chi connectivity index (χ3v) is 2.84. The van der Waals surface area contributed by atoms with Crippen molar-refractivity contribution in [2.24, 2.45) is 0 Å². The number of halogens is 1. The number of benzene rings is 1. The van der Waals surface area contributed by atoms with Crippen molar-refractivity contribution in [2.45, 2.75) is 12.1 Å². The topological polar surface area (TPSA) is 52.5 Å². The van der Waals surface area contributed by atoms with Crippen molar-refractivity contribution in [3.05, 3.63) is 47.0 Å². The van der Waals surface area contributed by atoms with E-state index in [0.29, 0.717) is 6.54 Å². The monoisotopic (exact) mass is 285 g/mol. The third kappa shape index (κ3) is 3.72. The van der Waals surface area contributed by atoms with Crippen LogP contribution in [0.4, 0.5) is 0 Å². The Hall–Kier alpha value is -0.680. The Balaban J connectivity index is 2.69. The number of nitrogens with one attached hydrogen (secondary N) is 1. The summed E-state index contributed by atoms with van der Waals surface area (Å²) in [7, 11) is 0. The zero-order valence-corrected chi connectivity index (χ0v) is 10.5. The van der Waals surface area contributed by atoms with Gasteiger partial charge in [0.1, 0.15) is 0 Å². The van der Waals surface area contributed by atoms with Gasteiger partial charge in [-0.2, -0.15) is 0 Å². The summed E-state index contributed by atoms with van der Waals surface area (Å²) in [5.41, 5.74) is 0.777. The van der Waals surface area contributed by atoms with Gasteiger partial charge in [-0.05, 0) is 17.7 Å². The molecule has 0 fully saturated rings. The van der Waals surface area contributed by atoms with Crippen molar-refractivity contribution in [2.75, 3.05) is 13.2 Å². The van der Waals surface area contributed by atoms with E-state index in [1.54, 1.807) is 6.08 Å². The zero-order valence-electron chi connectivity index (χ0n) is 8.94. The van der Waals surface area contributed by atoms with Crippen LogP contribution < -0.4 is 5.32 Å². The molecule has 2 atom stereocenters. The number of aliphatic hydroxyl groups excluding tert-OH is 2. The summed E-state index contributed by atoms with van der Waals surface area (Å²) in [4.78, 5) is 0. The molecule has 0 amide bonds. The highest BCUT2D eigenvalue weighted by Gasteiger charge is 2.18. The lowest BCUT2D eigenvalue weighted by Crippen LogP contribution is -2.38. The van der Waals surface area contributed by atoms with Crippen LogP contribution in [0.2, 0.25) is 0 Å². The first-order valence-electron chi connectivity index (χ1n) is 5.07. The average molecular weight is 286 g/mol. The van der Waals surface area contributed by atoms with Crippen molar-refractivity contribution < 1.29 is 10.2 Å². The normalized spacial score (nSPS) is 14.4. The van der Waals surface area contributed by atoms with Crippen LogP contribution in [0, 0.1) is 0 Å². The number of aliphatic hydroxyl groups is 2. The predicted octanol–water partition coefficient (Wildman–Crippen LogP) is 1.62. The number of rotatable bonds is 6. The van der Waals surface area contributed by atoms with E-state index >= 15 is 0 Å². The van der Waals surface area contributed by atoms with E-state index in [9.17, 15) is 10.2 Å². The fraction of sp³-hybridized carbons (Fsp3) is 0.333. The molecule has 0 heterocycles. The molecule has 0 spiro atoms. The Morgan fingerprint density at radius 3 is 2.50 bits per heavy atom. The Labute approximate surface area is 104 Å². The third-order valence-electron chi connectivity index (χ3n) is 2.31. The minimum Gasteiger partial charge on any atom is -0.395 e. The maximum atomic E-state index is 10.0. The van der Waals surface area contributed by atoms with Gasteiger partial charge in [0, 0.05) is 11.0 Å². The highest BCUT2D eigenvalue weighted by molar-refractivity contribution is 9.10. The van der Waals surface area contributed by atoms with E-state index in [1.165, 1.54) is 0 Å². The van der Waals surface area contributed by atoms with Crippen LogP contribution in [0.25, 0.3) is 0 Å². The van der Waals surface area contributed by atoms with E-state index in [4.69, 9.17) is 0 Å². The van der Waals surface area contributed by atoms with E-state index < -0.39 is 6.10 Å². The lowest BCUT2D eigenvalue weighted by atomic mass is 10.0. The van der Waals surface area contributed by atoms with Crippen LogP contribution in [-0.2, 0) is 0 Å². The molecule has 0 radical (unpaired) electrons. The maximum Gasteiger partial charge on any atom is 0.0965 e. The summed E-state index contributed by atoms with van der Waals surface area (Å²) in [5.74, 6) is 0. The fourth-order valence-electron chi connectivity index (χ4n) is 1.40. The van der Waals surface area contributed by atoms with Gasteiger partial charge in [-0.25, -0.2) is 0 Å². The summed E-state index contributed by atoms with van der Waals surface area (Å²) >= 11 is 3.33. The summed E-state index contributed by atoms with van der Waals surface area (Å²) in [6.07, 6.45) is 0.967. The van der Waals surface area contributed by atoms with Gasteiger partial charge < -0.3 is 15.5 Å². The van der Waals surface area contributed by atoms with Gasteiger partial charge in [-0.1, -0.05) is 34.1 Å². The summed E-state index contributed by atoms with van der Waals surface area (Å²) in [5, 5.41) is 22.2. The van der Waals surface area contributed by atoms with Crippen LogP contribution in [0.3, 0.4) is 0 Å². The number of hydrogen-bond acceptors (Lipinski definition) is 3. The summed E-state index contributed by atoms with van der Waals surface area (Å²) < 4.78 is 0.961. The molecule has 3 N–H and O–H groups in total. The summed E-state index contributed by atoms with van der Waals surface area (Å²) in [6, 6.07) is 7.00. The first-order valence-corrected chi connectivity index (χ1v) is 5.87. The molecule has 1 aromatic rings. The van der Waals surface area contributed by atoms with E-state index in [2.05, 4.69) is 27.8 Å². The first-order chi connectivity index (χ1) is 7.69. The molecule has 4 heteroatoms. The van der Waals surface area contributed by atoms with Crippen LogP contribution in [0.1, 0.15) is 11.7 Å². The SMILES string of the molecule is C=CCNC(CO)C(O)c1ccc(Br)cc1. The molecule has 0 aliphatic carbocycles. The molecule has 1 rings (SSSR count). The molecular weight excluding hydrogens is 270 g/mol. The molecule has 0 saturated heterocycles. The highest BCUT2D eigenvalue weighted by atomic mass is 79.9. The molecule has 16 heavy (non-hydrogen) atoms. The molecule has 1 aromatic carbocycles. The molecule has 0 aliphatic heterocycles. The lowest BCUT2D eigenvalue weighted by molar-refractivity contribution is 0.0920. The van der Waals surface area contributed by atoms with E-state index in [-0.39, 0.29) is 12.6 Å². The van der Waals surface area contributed by atoms with Crippen molar-refractivity contribution in [1.29, 1.82) is 0 Å². The van der Waals surface area contributed by atoms with E-state index in [0.717, 1.165) is 10.0 Å². The van der Waals surface area contributed by atoms with Gasteiger partial charge in [0.15, 0.2) is 0 Å². The molecule has 0 bridgehead atoms. The van der Waals surface area contributed by atoms with Gasteiger partial charge in [0.25, 0.3) is 0 Å². The Morgan fingerprint density at radius 2 is 2.00 bits per heavy atom. The Bertz CT molecular complexity index is 326. The average Bonchev–Trinajstić information content (AvgIpc) is 2.30. The van der Waals surface area contributed by atoms with Crippen molar-refractivity contribution in [3.8, 4) is 0 Å². The van der Waals surface area contributed by atoms with Crippen molar-refractivity contribution in [3.63, 3.8) is 0 Å². The standard InChI is InChI=1S/C12H16BrNO2/c1-2-7-14-11(8-15)12(16)9-3-5-10(13)6-4-9/h2-6,11-12,14-16H,1,7-8H2. The van der Waals surface area contributed by atoms with Gasteiger partial charge in [0.05, 0.1) is 18.8 Å². The van der Waals surface area contributed by atoms with Crippen LogP contribution in [0.15, 0.2) is 41.4 Å². The van der Waals surface area contributed by atoms with Gasteiger partial charge in [-0.3, -0.25) is 0 Å². The molecule has 3 nitrogen and oxygen atoms in total. The van der Waals surface area contributed by atoms with Crippen LogP contribution in [0.5, 0.6) is 0 Å². The molecular formula is C12H16BrNO2. The minimum absolute atomic E-state index is 0.120. The second-order valence-electron chi connectivity index (χ2n) is 3.48. The largest absolute Gasteiger partial charge is 0.395 e. The molecule has 0 saturated carbocycles. The molecule has 0 aliphatic rings. The maximum absolute atomic E-state index is 10.0. The second kappa shape index (κ2) is 6.81. The predicted molar refractivity (Wildman–Crippen MR) is 68.2 cm³/mol. The van der Waals surface area contributed by atoms with Crippen molar-refractivity contribution in [1.82, 2.24) is 5.32 Å². The Morgan fingerprint density at radius 1 is 1.38 bits per heavy atom. The van der Waals surface area contributed by atoms with E-state index in [1.807, 2.05) is 24.3 Å². The Kier molecular flexibility index (Phi) is 5.69. The molecule has 88 valence electrons. The van der Waals surface area contributed by atoms with Gasteiger partial charge in [0.2, 0.25) is 0 Å². The van der Waals surface area contributed by atoms with Crippen LogP contribution in [-0.4, -0.2) is 29.4 Å². The second-order valence-corrected chi connectivity index (χ2v) is 4.40. The van der Waals surface area contributed by atoms with Gasteiger partial charge >= 0.3 is 0 Å². The van der Waals surface area contributed by atoms with Crippen LogP contribution >= 0.6 is 15.9 Å². The quantitative estimate of drug-likeness (QED) is 0.697. The van der Waals surface area contributed by atoms with Crippen molar-refractivity contribution >= 4 is 15.9 Å². The lowest BCUT2D eigenvalue weighted by Gasteiger charge is -2.22. The fourth-order valence-corrected chi connectivity index (χ4v) is 1.67. The first kappa shape index (κ1) is 13.4. The minimum atomic E-state index is -0.724. The summed E-state index contributed by atoms with van der Waals surface area (Å²) in [6.45, 7) is 4.01. The van der Waals surface area contributed by atoms with Gasteiger partial charge in [-0.15, -0.1) is 6.58 Å². The smallest absolute Gasteiger partial charge is 0.0965 e. The molecule has 2 unspecified atom stereocenters.